The molecular formula is C6H7NOS2. The van der Waals surface area contributed by atoms with Crippen molar-refractivity contribution in [3.8, 4) is 0 Å². The predicted molar refractivity (Wildman–Crippen MR) is 46.7 cm³/mol. The molecule has 1 fully saturated rings. The van der Waals surface area contributed by atoms with Crippen molar-refractivity contribution in [3.63, 3.8) is 0 Å². The molecule has 0 aromatic carbocycles. The first kappa shape index (κ1) is 7.75. The summed E-state index contributed by atoms with van der Waals surface area (Å²) in [5.41, 5.74) is 0. The standard InChI is InChI=1S/C6H7NOS2/c1-2-3-7-5(8)4-10-6(7)9/h2-3H,4H2,1H3. The minimum absolute atomic E-state index is 0.0769. The van der Waals surface area contributed by atoms with Gasteiger partial charge in [-0.05, 0) is 6.92 Å². The average Bonchev–Trinajstić information content (AvgIpc) is 2.20. The minimum atomic E-state index is 0.0769. The predicted octanol–water partition coefficient (Wildman–Crippen LogP) is 1.38. The van der Waals surface area contributed by atoms with Crippen LogP contribution in [0.25, 0.3) is 0 Å². The van der Waals surface area contributed by atoms with E-state index in [2.05, 4.69) is 0 Å². The number of amides is 1. The maximum atomic E-state index is 10.9. The van der Waals surface area contributed by atoms with E-state index in [1.165, 1.54) is 16.7 Å². The van der Waals surface area contributed by atoms with Crippen molar-refractivity contribution in [1.29, 1.82) is 0 Å². The first-order valence-corrected chi connectivity index (χ1v) is 4.26. The third-order valence-electron chi connectivity index (χ3n) is 1.08. The molecule has 1 heterocycles. The summed E-state index contributed by atoms with van der Waals surface area (Å²) in [6, 6.07) is 0. The molecule has 10 heavy (non-hydrogen) atoms. The first-order valence-electron chi connectivity index (χ1n) is 2.87. The van der Waals surface area contributed by atoms with Crippen LogP contribution in [0.15, 0.2) is 12.3 Å². The third-order valence-corrected chi connectivity index (χ3v) is 2.47. The highest BCUT2D eigenvalue weighted by Gasteiger charge is 2.23. The van der Waals surface area contributed by atoms with E-state index in [0.29, 0.717) is 10.1 Å². The Balaban J connectivity index is 2.72. The molecule has 0 unspecified atom stereocenters. The molecule has 0 spiro atoms. The van der Waals surface area contributed by atoms with Gasteiger partial charge in [-0.1, -0.05) is 30.1 Å². The van der Waals surface area contributed by atoms with Gasteiger partial charge in [0.1, 0.15) is 4.32 Å². The topological polar surface area (TPSA) is 20.3 Å². The van der Waals surface area contributed by atoms with Gasteiger partial charge < -0.3 is 0 Å². The Morgan fingerprint density at radius 1 is 1.80 bits per heavy atom. The number of nitrogens with zero attached hydrogens (tertiary/aromatic N) is 1. The summed E-state index contributed by atoms with van der Waals surface area (Å²) in [6.45, 7) is 1.86. The van der Waals surface area contributed by atoms with Crippen molar-refractivity contribution >= 4 is 34.2 Å². The van der Waals surface area contributed by atoms with Crippen molar-refractivity contribution in [1.82, 2.24) is 4.90 Å². The van der Waals surface area contributed by atoms with E-state index >= 15 is 0 Å². The van der Waals surface area contributed by atoms with Crippen molar-refractivity contribution < 1.29 is 4.79 Å². The zero-order valence-electron chi connectivity index (χ0n) is 5.53. The fourth-order valence-corrected chi connectivity index (χ4v) is 1.68. The van der Waals surface area contributed by atoms with E-state index in [0.717, 1.165) is 0 Å². The molecule has 1 aliphatic heterocycles. The number of hydrogen-bond acceptors (Lipinski definition) is 3. The van der Waals surface area contributed by atoms with Crippen LogP contribution in [0, 0.1) is 0 Å². The maximum Gasteiger partial charge on any atom is 0.242 e. The van der Waals surface area contributed by atoms with E-state index in [1.54, 1.807) is 12.3 Å². The average molecular weight is 173 g/mol. The number of carbonyl (C=O) groups excluding carboxylic acids is 1. The van der Waals surface area contributed by atoms with Crippen molar-refractivity contribution in [2.45, 2.75) is 6.92 Å². The first-order chi connectivity index (χ1) is 4.75. The molecule has 1 saturated heterocycles. The summed E-state index contributed by atoms with van der Waals surface area (Å²) in [5.74, 6) is 0.566. The molecule has 0 bridgehead atoms. The number of carbonyl (C=O) groups is 1. The Morgan fingerprint density at radius 3 is 2.90 bits per heavy atom. The Labute approximate surface area is 69.3 Å². The molecule has 1 amide bonds. The van der Waals surface area contributed by atoms with Gasteiger partial charge in [0.25, 0.3) is 0 Å². The highest BCUT2D eigenvalue weighted by Crippen LogP contribution is 2.18. The second-order valence-electron chi connectivity index (χ2n) is 1.80. The van der Waals surface area contributed by atoms with Gasteiger partial charge >= 0.3 is 0 Å². The van der Waals surface area contributed by atoms with Crippen LogP contribution < -0.4 is 0 Å². The fraction of sp³-hybridized carbons (Fsp3) is 0.333. The third kappa shape index (κ3) is 1.38. The lowest BCUT2D eigenvalue weighted by Gasteiger charge is -2.06. The maximum absolute atomic E-state index is 10.9. The van der Waals surface area contributed by atoms with Crippen LogP contribution >= 0.6 is 24.0 Å². The second kappa shape index (κ2) is 3.16. The van der Waals surface area contributed by atoms with E-state index < -0.39 is 0 Å². The van der Waals surface area contributed by atoms with E-state index in [1.807, 2.05) is 6.92 Å². The van der Waals surface area contributed by atoms with Gasteiger partial charge in [-0.2, -0.15) is 0 Å². The Kier molecular flexibility index (Phi) is 2.45. The van der Waals surface area contributed by atoms with Gasteiger partial charge in [0, 0.05) is 6.20 Å². The van der Waals surface area contributed by atoms with Crippen molar-refractivity contribution in [3.05, 3.63) is 12.3 Å². The lowest BCUT2D eigenvalue weighted by atomic mass is 10.6. The van der Waals surface area contributed by atoms with Crippen LogP contribution in [-0.4, -0.2) is 20.9 Å². The second-order valence-corrected chi connectivity index (χ2v) is 3.41. The Morgan fingerprint density at radius 2 is 2.50 bits per heavy atom. The van der Waals surface area contributed by atoms with Crippen LogP contribution in [0.3, 0.4) is 0 Å². The molecule has 0 saturated carbocycles. The molecule has 0 aromatic rings. The molecule has 0 radical (unpaired) electrons. The summed E-state index contributed by atoms with van der Waals surface area (Å²) in [7, 11) is 0. The fourth-order valence-electron chi connectivity index (χ4n) is 0.657. The smallest absolute Gasteiger partial charge is 0.242 e. The molecule has 54 valence electrons. The zero-order chi connectivity index (χ0) is 7.56. The van der Waals surface area contributed by atoms with Gasteiger partial charge in [0.05, 0.1) is 5.75 Å². The van der Waals surface area contributed by atoms with Gasteiger partial charge in [-0.25, -0.2) is 0 Å². The number of hydrogen-bond donors (Lipinski definition) is 0. The molecule has 1 aliphatic rings. The normalized spacial score (nSPS) is 19.5. The Bertz CT molecular complexity index is 184. The molecule has 1 rings (SSSR count). The number of thioether (sulfide) groups is 1. The summed E-state index contributed by atoms with van der Waals surface area (Å²) in [6.07, 6.45) is 3.50. The Hall–Kier alpha value is -0.350. The SMILES string of the molecule is CC=CN1C(=O)CSC1=S. The molecule has 4 heteroatoms. The van der Waals surface area contributed by atoms with E-state index in [-0.39, 0.29) is 5.91 Å². The quantitative estimate of drug-likeness (QED) is 0.559. The highest BCUT2D eigenvalue weighted by molar-refractivity contribution is 8.24. The van der Waals surface area contributed by atoms with E-state index in [4.69, 9.17) is 12.2 Å². The molecule has 2 nitrogen and oxygen atoms in total. The summed E-state index contributed by atoms with van der Waals surface area (Å²) >= 11 is 6.31. The summed E-state index contributed by atoms with van der Waals surface area (Å²) in [5, 5.41) is 0. The molecule has 0 aromatic heterocycles. The van der Waals surface area contributed by atoms with Crippen LogP contribution in [0.5, 0.6) is 0 Å². The lowest BCUT2D eigenvalue weighted by molar-refractivity contribution is -0.122. The molecule has 0 aliphatic carbocycles. The van der Waals surface area contributed by atoms with Gasteiger partial charge in [0.2, 0.25) is 5.91 Å². The minimum Gasteiger partial charge on any atom is -0.273 e. The van der Waals surface area contributed by atoms with Gasteiger partial charge in [0.15, 0.2) is 0 Å². The van der Waals surface area contributed by atoms with E-state index in [9.17, 15) is 4.79 Å². The van der Waals surface area contributed by atoms with Crippen LogP contribution in [0.1, 0.15) is 6.92 Å². The van der Waals surface area contributed by atoms with Gasteiger partial charge in [-0.15, -0.1) is 0 Å². The number of thiocarbonyl (C=S) groups is 1. The largest absolute Gasteiger partial charge is 0.273 e. The van der Waals surface area contributed by atoms with Crippen LogP contribution in [-0.2, 0) is 4.79 Å². The summed E-state index contributed by atoms with van der Waals surface area (Å²) in [4.78, 5) is 12.4. The molecule has 0 atom stereocenters. The zero-order valence-corrected chi connectivity index (χ0v) is 7.17. The van der Waals surface area contributed by atoms with Crippen molar-refractivity contribution in [2.24, 2.45) is 0 Å². The van der Waals surface area contributed by atoms with Crippen LogP contribution in [0.4, 0.5) is 0 Å². The monoisotopic (exact) mass is 173 g/mol. The van der Waals surface area contributed by atoms with Gasteiger partial charge in [-0.3, -0.25) is 9.69 Å². The molecule has 0 N–H and O–H groups in total. The van der Waals surface area contributed by atoms with Crippen molar-refractivity contribution in [2.75, 3.05) is 5.75 Å². The van der Waals surface area contributed by atoms with Crippen LogP contribution in [0.2, 0.25) is 0 Å². The number of rotatable bonds is 1. The summed E-state index contributed by atoms with van der Waals surface area (Å²) < 4.78 is 0.656. The number of allylic oxidation sites excluding steroid dienone is 1. The molecular weight excluding hydrogens is 166 g/mol. The lowest BCUT2D eigenvalue weighted by Crippen LogP contribution is -2.21. The highest BCUT2D eigenvalue weighted by atomic mass is 32.2.